The van der Waals surface area contributed by atoms with Crippen molar-refractivity contribution >= 4 is 34.4 Å². The predicted molar refractivity (Wildman–Crippen MR) is 126 cm³/mol. The van der Waals surface area contributed by atoms with Crippen LogP contribution in [0.4, 0.5) is 0 Å². The Kier molecular flexibility index (Phi) is 7.43. The quantitative estimate of drug-likeness (QED) is 0.363. The summed E-state index contributed by atoms with van der Waals surface area (Å²) in [4.78, 5) is 39.4. The Balaban J connectivity index is 2.34. The van der Waals surface area contributed by atoms with Crippen LogP contribution in [0.3, 0.4) is 0 Å². The molecule has 174 valence electrons. The van der Waals surface area contributed by atoms with Crippen molar-refractivity contribution in [2.75, 3.05) is 20.3 Å². The standard InChI is InChI=1S/C25H26ClNO6/c1-5-32-23(29)25(3,24(30)33-6-2)19-14-22(28)27(15-16-9-7-8-10-20(16)26)21-12-11-17(31-4)13-18(19)21/h7-14H,5-6,15H2,1-4H3. The number of halogens is 1. The van der Waals surface area contributed by atoms with Gasteiger partial charge in [-0.25, -0.2) is 0 Å². The molecule has 0 N–H and O–H groups in total. The number of pyridine rings is 1. The van der Waals surface area contributed by atoms with E-state index in [0.29, 0.717) is 21.7 Å². The first-order valence-corrected chi connectivity index (χ1v) is 11.0. The van der Waals surface area contributed by atoms with Gasteiger partial charge >= 0.3 is 11.9 Å². The second-order valence-corrected chi connectivity index (χ2v) is 7.93. The molecule has 0 unspecified atom stereocenters. The molecule has 0 bridgehead atoms. The highest BCUT2D eigenvalue weighted by molar-refractivity contribution is 6.31. The third-order valence-corrected chi connectivity index (χ3v) is 5.88. The first-order chi connectivity index (χ1) is 15.8. The van der Waals surface area contributed by atoms with Crippen molar-refractivity contribution in [3.05, 3.63) is 75.0 Å². The molecule has 0 fully saturated rings. The lowest BCUT2D eigenvalue weighted by Crippen LogP contribution is -2.44. The van der Waals surface area contributed by atoms with E-state index in [-0.39, 0.29) is 25.3 Å². The Labute approximate surface area is 196 Å². The van der Waals surface area contributed by atoms with Crippen LogP contribution in [-0.4, -0.2) is 36.8 Å². The minimum absolute atomic E-state index is 0.0681. The van der Waals surface area contributed by atoms with Gasteiger partial charge in [-0.1, -0.05) is 29.8 Å². The molecule has 0 spiro atoms. The molecule has 7 nitrogen and oxygen atoms in total. The highest BCUT2D eigenvalue weighted by atomic mass is 35.5. The number of benzene rings is 2. The van der Waals surface area contributed by atoms with Gasteiger partial charge in [-0.3, -0.25) is 14.4 Å². The molecule has 33 heavy (non-hydrogen) atoms. The van der Waals surface area contributed by atoms with Crippen LogP contribution in [0.15, 0.2) is 53.3 Å². The third-order valence-electron chi connectivity index (χ3n) is 5.51. The zero-order chi connectivity index (χ0) is 24.2. The predicted octanol–water partition coefficient (Wildman–Crippen LogP) is 4.10. The highest BCUT2D eigenvalue weighted by Gasteiger charge is 2.47. The number of nitrogens with zero attached hydrogens (tertiary/aromatic N) is 1. The fraction of sp³-hybridized carbons (Fsp3) is 0.320. The van der Waals surface area contributed by atoms with Gasteiger partial charge in [0, 0.05) is 16.5 Å². The third kappa shape index (κ3) is 4.59. The molecule has 0 aliphatic heterocycles. The summed E-state index contributed by atoms with van der Waals surface area (Å²) < 4.78 is 17.3. The second kappa shape index (κ2) is 10.1. The molecule has 2 aromatic carbocycles. The number of esters is 2. The number of rotatable bonds is 8. The van der Waals surface area contributed by atoms with Crippen LogP contribution in [0.5, 0.6) is 5.75 Å². The minimum Gasteiger partial charge on any atom is -0.497 e. The maximum Gasteiger partial charge on any atom is 0.327 e. The molecular formula is C25H26ClNO6. The highest BCUT2D eigenvalue weighted by Crippen LogP contribution is 2.34. The Hall–Kier alpha value is -3.32. The van der Waals surface area contributed by atoms with Crippen LogP contribution in [0.2, 0.25) is 5.02 Å². The number of ether oxygens (including phenoxy) is 3. The van der Waals surface area contributed by atoms with E-state index < -0.39 is 22.9 Å². The van der Waals surface area contributed by atoms with Crippen molar-refractivity contribution in [1.29, 1.82) is 0 Å². The normalized spacial score (nSPS) is 11.3. The van der Waals surface area contributed by atoms with Crippen LogP contribution in [-0.2, 0) is 31.0 Å². The summed E-state index contributed by atoms with van der Waals surface area (Å²) in [6.45, 7) is 5.04. The van der Waals surface area contributed by atoms with Crippen molar-refractivity contribution in [2.45, 2.75) is 32.7 Å². The number of carbonyl (C=O) groups is 2. The summed E-state index contributed by atoms with van der Waals surface area (Å²) in [6.07, 6.45) is 0. The first kappa shape index (κ1) is 24.3. The van der Waals surface area contributed by atoms with Crippen LogP contribution in [0.25, 0.3) is 10.9 Å². The number of hydrogen-bond donors (Lipinski definition) is 0. The van der Waals surface area contributed by atoms with E-state index in [2.05, 4.69) is 0 Å². The smallest absolute Gasteiger partial charge is 0.327 e. The number of aromatic nitrogens is 1. The van der Waals surface area contributed by atoms with Crippen molar-refractivity contribution < 1.29 is 23.8 Å². The van der Waals surface area contributed by atoms with Gasteiger partial charge in [0.05, 0.1) is 32.4 Å². The lowest BCUT2D eigenvalue weighted by Gasteiger charge is -2.27. The summed E-state index contributed by atoms with van der Waals surface area (Å²) >= 11 is 6.32. The number of fused-ring (bicyclic) bond motifs is 1. The molecule has 0 saturated carbocycles. The van der Waals surface area contributed by atoms with Gasteiger partial charge in [0.15, 0.2) is 5.41 Å². The maximum absolute atomic E-state index is 13.3. The maximum atomic E-state index is 13.3. The topological polar surface area (TPSA) is 83.8 Å². The summed E-state index contributed by atoms with van der Waals surface area (Å²) in [5, 5.41) is 1.02. The molecule has 3 aromatic rings. The molecule has 0 amide bonds. The average molecular weight is 472 g/mol. The van der Waals surface area contributed by atoms with E-state index in [9.17, 15) is 14.4 Å². The molecule has 0 saturated heterocycles. The lowest BCUT2D eigenvalue weighted by atomic mass is 9.80. The first-order valence-electron chi connectivity index (χ1n) is 10.6. The van der Waals surface area contributed by atoms with Crippen LogP contribution < -0.4 is 10.3 Å². The Morgan fingerprint density at radius 1 is 1.00 bits per heavy atom. The van der Waals surface area contributed by atoms with Crippen molar-refractivity contribution in [3.63, 3.8) is 0 Å². The monoisotopic (exact) mass is 471 g/mol. The molecule has 0 radical (unpaired) electrons. The number of hydrogen-bond acceptors (Lipinski definition) is 6. The summed E-state index contributed by atoms with van der Waals surface area (Å²) in [5.41, 5.74) is -0.793. The fourth-order valence-corrected chi connectivity index (χ4v) is 3.91. The van der Waals surface area contributed by atoms with Gasteiger partial charge in [0.2, 0.25) is 0 Å². The number of carbonyl (C=O) groups excluding carboxylic acids is 2. The van der Waals surface area contributed by atoms with Gasteiger partial charge in [0.25, 0.3) is 5.56 Å². The van der Waals surface area contributed by atoms with Gasteiger partial charge in [-0.15, -0.1) is 0 Å². The Morgan fingerprint density at radius 2 is 1.64 bits per heavy atom. The number of methoxy groups -OCH3 is 1. The summed E-state index contributed by atoms with van der Waals surface area (Å²) in [7, 11) is 1.51. The molecule has 1 heterocycles. The zero-order valence-electron chi connectivity index (χ0n) is 19.0. The van der Waals surface area contributed by atoms with Crippen LogP contribution in [0.1, 0.15) is 31.9 Å². The minimum atomic E-state index is -1.85. The van der Waals surface area contributed by atoms with Gasteiger partial charge in [-0.05, 0) is 56.2 Å². The SMILES string of the molecule is CCOC(=O)C(C)(C(=O)OCC)c1cc(=O)n(Cc2ccccc2Cl)c2ccc(OC)cc12. The largest absolute Gasteiger partial charge is 0.497 e. The Morgan fingerprint density at radius 3 is 2.21 bits per heavy atom. The molecule has 0 aliphatic rings. The fourth-order valence-electron chi connectivity index (χ4n) is 3.72. The summed E-state index contributed by atoms with van der Waals surface area (Å²) in [6, 6.07) is 13.6. The molecule has 8 heteroatoms. The van der Waals surface area contributed by atoms with Crippen molar-refractivity contribution in [3.8, 4) is 5.75 Å². The molecular weight excluding hydrogens is 446 g/mol. The van der Waals surface area contributed by atoms with Crippen molar-refractivity contribution in [2.24, 2.45) is 0 Å². The van der Waals surface area contributed by atoms with Crippen LogP contribution in [0, 0.1) is 0 Å². The zero-order valence-corrected chi connectivity index (χ0v) is 19.8. The lowest BCUT2D eigenvalue weighted by molar-refractivity contribution is -0.163. The van der Waals surface area contributed by atoms with E-state index in [1.165, 1.54) is 24.7 Å². The average Bonchev–Trinajstić information content (AvgIpc) is 2.81. The molecule has 0 atom stereocenters. The molecule has 1 aromatic heterocycles. The van der Waals surface area contributed by atoms with E-state index in [4.69, 9.17) is 25.8 Å². The van der Waals surface area contributed by atoms with Gasteiger partial charge in [0.1, 0.15) is 5.75 Å². The second-order valence-electron chi connectivity index (χ2n) is 7.52. The Bertz CT molecular complexity index is 1230. The van der Waals surface area contributed by atoms with Gasteiger partial charge < -0.3 is 18.8 Å². The molecule has 3 rings (SSSR count). The van der Waals surface area contributed by atoms with Crippen molar-refractivity contribution in [1.82, 2.24) is 4.57 Å². The summed E-state index contributed by atoms with van der Waals surface area (Å²) in [5.74, 6) is -1.09. The van der Waals surface area contributed by atoms with E-state index in [1.54, 1.807) is 38.1 Å². The van der Waals surface area contributed by atoms with Crippen LogP contribution >= 0.6 is 11.6 Å². The van der Waals surface area contributed by atoms with Gasteiger partial charge in [-0.2, -0.15) is 0 Å². The van der Waals surface area contributed by atoms with E-state index >= 15 is 0 Å². The molecule has 0 aliphatic carbocycles. The van der Waals surface area contributed by atoms with E-state index in [0.717, 1.165) is 5.56 Å². The van der Waals surface area contributed by atoms with E-state index in [1.807, 2.05) is 18.2 Å².